The molecule has 9 heteroatoms. The van der Waals surface area contributed by atoms with Gasteiger partial charge in [0.05, 0.1) is 17.9 Å². The molecule has 9 nitrogen and oxygen atoms in total. The van der Waals surface area contributed by atoms with E-state index < -0.39 is 24.4 Å². The van der Waals surface area contributed by atoms with Crippen LogP contribution in [0.1, 0.15) is 24.3 Å². The van der Waals surface area contributed by atoms with Gasteiger partial charge in [0.25, 0.3) is 0 Å². The highest BCUT2D eigenvalue weighted by Crippen LogP contribution is 2.34. The number of nitrogens with two attached hydrogens (primary N) is 1. The predicted molar refractivity (Wildman–Crippen MR) is 75.6 cm³/mol. The van der Waals surface area contributed by atoms with Gasteiger partial charge in [-0.25, -0.2) is 9.50 Å². The number of aliphatic hydroxyl groups excluding tert-OH is 2. The van der Waals surface area contributed by atoms with Gasteiger partial charge >= 0.3 is 0 Å². The Labute approximate surface area is 126 Å². The zero-order chi connectivity index (χ0) is 16.5. The normalized spacial score (nSPS) is 16.9. The molecule has 22 heavy (non-hydrogen) atoms. The molecule has 0 aliphatic rings. The van der Waals surface area contributed by atoms with Crippen LogP contribution in [-0.2, 0) is 4.74 Å². The second kappa shape index (κ2) is 5.86. The smallest absolute Gasteiger partial charge is 0.152 e. The molecule has 0 spiro atoms. The highest BCUT2D eigenvalue weighted by atomic mass is 16.5. The number of fused-ring (bicyclic) bond motifs is 1. The van der Waals surface area contributed by atoms with Crippen molar-refractivity contribution in [1.82, 2.24) is 14.6 Å². The minimum absolute atomic E-state index is 0.106. The number of hydrogen-bond acceptors (Lipinski definition) is 8. The zero-order valence-electron chi connectivity index (χ0n) is 12.1. The lowest BCUT2D eigenvalue weighted by molar-refractivity contribution is -0.160. The first-order chi connectivity index (χ1) is 10.4. The Hall–Kier alpha value is -2.25. The van der Waals surface area contributed by atoms with Crippen LogP contribution in [0.15, 0.2) is 12.4 Å². The molecule has 0 radical (unpaired) electrons. The number of aromatic nitrogens is 3. The van der Waals surface area contributed by atoms with Crippen LogP contribution in [0.2, 0.25) is 0 Å². The largest absolute Gasteiger partial charge is 0.394 e. The van der Waals surface area contributed by atoms with Gasteiger partial charge in [-0.15, -0.1) is 0 Å². The summed E-state index contributed by atoms with van der Waals surface area (Å²) >= 11 is 0. The number of rotatable bonds is 5. The standard InChI is InChI=1S/C13H17N5O4/c1-13(21,9(20)5-19)11(22-2)8-3-7(4-14)10-12(15)16-6-17-18(8)10/h3,6,9,11,19-21H,5H2,1-2H3,(H2,15,16,17)/t9-,11-,13-/m1/s1. The molecule has 0 aliphatic carbocycles. The second-order valence-corrected chi connectivity index (χ2v) is 5.04. The fourth-order valence-corrected chi connectivity index (χ4v) is 2.38. The van der Waals surface area contributed by atoms with E-state index in [0.29, 0.717) is 5.69 Å². The summed E-state index contributed by atoms with van der Waals surface area (Å²) in [6.45, 7) is 0.663. The van der Waals surface area contributed by atoms with Crippen molar-refractivity contribution in [2.24, 2.45) is 0 Å². The fraction of sp³-hybridized carbons (Fsp3) is 0.462. The van der Waals surface area contributed by atoms with Crippen LogP contribution in [0.4, 0.5) is 5.82 Å². The van der Waals surface area contributed by atoms with E-state index in [4.69, 9.17) is 15.6 Å². The molecule has 0 aliphatic heterocycles. The maximum Gasteiger partial charge on any atom is 0.152 e. The van der Waals surface area contributed by atoms with Gasteiger partial charge in [0, 0.05) is 7.11 Å². The number of nitrogen functional groups attached to an aromatic ring is 1. The molecule has 2 aromatic heterocycles. The molecule has 0 saturated carbocycles. The predicted octanol–water partition coefficient (Wildman–Crippen LogP) is -1.03. The van der Waals surface area contributed by atoms with Crippen LogP contribution in [0.25, 0.3) is 5.52 Å². The Morgan fingerprint density at radius 2 is 2.27 bits per heavy atom. The van der Waals surface area contributed by atoms with Gasteiger partial charge in [0.2, 0.25) is 0 Å². The molecule has 0 fully saturated rings. The van der Waals surface area contributed by atoms with Crippen molar-refractivity contribution < 1.29 is 20.1 Å². The van der Waals surface area contributed by atoms with Crippen LogP contribution in [0, 0.1) is 11.3 Å². The Morgan fingerprint density at radius 1 is 1.59 bits per heavy atom. The van der Waals surface area contributed by atoms with E-state index in [1.165, 1.54) is 30.9 Å². The summed E-state index contributed by atoms with van der Waals surface area (Å²) in [6.07, 6.45) is -1.30. The van der Waals surface area contributed by atoms with Crippen molar-refractivity contribution in [3.05, 3.63) is 23.7 Å². The van der Waals surface area contributed by atoms with Gasteiger partial charge < -0.3 is 25.8 Å². The van der Waals surface area contributed by atoms with Crippen molar-refractivity contribution in [3.63, 3.8) is 0 Å². The summed E-state index contributed by atoms with van der Waals surface area (Å²) in [5, 5.41) is 42.7. The molecule has 0 bridgehead atoms. The van der Waals surface area contributed by atoms with Gasteiger partial charge in [-0.05, 0) is 13.0 Å². The highest BCUT2D eigenvalue weighted by Gasteiger charge is 2.42. The van der Waals surface area contributed by atoms with Gasteiger partial charge in [-0.1, -0.05) is 0 Å². The van der Waals surface area contributed by atoms with Crippen LogP contribution >= 0.6 is 0 Å². The van der Waals surface area contributed by atoms with E-state index in [9.17, 15) is 15.5 Å². The summed E-state index contributed by atoms with van der Waals surface area (Å²) in [5.41, 5.74) is 4.76. The topological polar surface area (TPSA) is 150 Å². The number of aliphatic hydroxyl groups is 3. The number of anilines is 1. The van der Waals surface area contributed by atoms with E-state index >= 15 is 0 Å². The lowest BCUT2D eigenvalue weighted by atomic mass is 9.90. The van der Waals surface area contributed by atoms with E-state index in [2.05, 4.69) is 10.1 Å². The highest BCUT2D eigenvalue weighted by molar-refractivity contribution is 5.74. The number of nitrogens with zero attached hydrogens (tertiary/aromatic N) is 4. The number of methoxy groups -OCH3 is 1. The van der Waals surface area contributed by atoms with Crippen molar-refractivity contribution in [2.75, 3.05) is 19.5 Å². The Bertz CT molecular complexity index is 721. The number of ether oxygens (including phenoxy) is 1. The van der Waals surface area contributed by atoms with Gasteiger partial charge in [-0.3, -0.25) is 0 Å². The summed E-state index contributed by atoms with van der Waals surface area (Å²) in [4.78, 5) is 3.83. The molecule has 0 aromatic carbocycles. The van der Waals surface area contributed by atoms with Crippen LogP contribution in [-0.4, -0.2) is 55.3 Å². The maximum atomic E-state index is 10.5. The Balaban J connectivity index is 2.68. The third-order valence-electron chi connectivity index (χ3n) is 3.61. The first-order valence-corrected chi connectivity index (χ1v) is 6.44. The van der Waals surface area contributed by atoms with Crippen molar-refractivity contribution >= 4 is 11.3 Å². The molecule has 0 saturated heterocycles. The number of hydrogen-bond donors (Lipinski definition) is 4. The Morgan fingerprint density at radius 3 is 2.82 bits per heavy atom. The Kier molecular flexibility index (Phi) is 4.30. The minimum atomic E-state index is -1.82. The number of nitriles is 1. The molecular formula is C13H17N5O4. The first kappa shape index (κ1) is 16.1. The van der Waals surface area contributed by atoms with E-state index in [-0.39, 0.29) is 16.9 Å². The molecule has 0 amide bonds. The maximum absolute atomic E-state index is 10.5. The minimum Gasteiger partial charge on any atom is -0.394 e. The third-order valence-corrected chi connectivity index (χ3v) is 3.61. The molecule has 118 valence electrons. The van der Waals surface area contributed by atoms with Crippen LogP contribution in [0.3, 0.4) is 0 Å². The second-order valence-electron chi connectivity index (χ2n) is 5.04. The molecule has 0 unspecified atom stereocenters. The molecule has 2 aromatic rings. The van der Waals surface area contributed by atoms with E-state index in [1.54, 1.807) is 0 Å². The van der Waals surface area contributed by atoms with Crippen LogP contribution < -0.4 is 5.73 Å². The SMILES string of the molecule is CO[C@H](c1cc(C#N)c2c(N)ncnn12)[C@](C)(O)[C@H](O)CO. The summed E-state index contributed by atoms with van der Waals surface area (Å²) in [5.74, 6) is 0.106. The van der Waals surface area contributed by atoms with Gasteiger partial charge in [0.1, 0.15) is 35.7 Å². The first-order valence-electron chi connectivity index (χ1n) is 6.44. The van der Waals surface area contributed by atoms with Gasteiger partial charge in [0.15, 0.2) is 5.82 Å². The van der Waals surface area contributed by atoms with Crippen molar-refractivity contribution in [3.8, 4) is 6.07 Å². The molecule has 5 N–H and O–H groups in total. The summed E-state index contributed by atoms with van der Waals surface area (Å²) in [6, 6.07) is 3.43. The van der Waals surface area contributed by atoms with Crippen LogP contribution in [0.5, 0.6) is 0 Å². The monoisotopic (exact) mass is 307 g/mol. The molecular weight excluding hydrogens is 290 g/mol. The average Bonchev–Trinajstić information content (AvgIpc) is 2.87. The van der Waals surface area contributed by atoms with Crippen molar-refractivity contribution in [2.45, 2.75) is 24.7 Å². The fourth-order valence-electron chi connectivity index (χ4n) is 2.38. The summed E-state index contributed by atoms with van der Waals surface area (Å²) < 4.78 is 6.60. The summed E-state index contributed by atoms with van der Waals surface area (Å²) in [7, 11) is 1.33. The van der Waals surface area contributed by atoms with E-state index in [0.717, 1.165) is 0 Å². The lowest BCUT2D eigenvalue weighted by Crippen LogP contribution is -2.47. The molecule has 3 atom stereocenters. The third kappa shape index (κ3) is 2.38. The molecule has 2 heterocycles. The van der Waals surface area contributed by atoms with Gasteiger partial charge in [-0.2, -0.15) is 10.4 Å². The van der Waals surface area contributed by atoms with E-state index in [1.807, 2.05) is 6.07 Å². The van der Waals surface area contributed by atoms with Crippen molar-refractivity contribution in [1.29, 1.82) is 5.26 Å². The quantitative estimate of drug-likeness (QED) is 0.548. The lowest BCUT2D eigenvalue weighted by Gasteiger charge is -2.34. The molecule has 2 rings (SSSR count). The average molecular weight is 307 g/mol. The zero-order valence-corrected chi connectivity index (χ0v) is 12.1.